The largest absolute Gasteiger partial charge is 0.647 e. The maximum atomic E-state index is 11.3. The smallest absolute Gasteiger partial charge is 0.354 e. The van der Waals surface area contributed by atoms with Gasteiger partial charge in [0.05, 0.1) is 0 Å². The lowest BCUT2D eigenvalue weighted by Gasteiger charge is -1.97. The SMILES string of the molecule is [N-]=[N+]=C(C(=O)CCCc1ccccc1)[N+](=O)[O-]. The fraction of sp³-hybridized carbons (Fsp3) is 0.273. The van der Waals surface area contributed by atoms with Crippen LogP contribution in [0.15, 0.2) is 30.3 Å². The molecule has 17 heavy (non-hydrogen) atoms. The summed E-state index contributed by atoms with van der Waals surface area (Å²) in [7, 11) is 0. The molecule has 0 atom stereocenters. The summed E-state index contributed by atoms with van der Waals surface area (Å²) in [4.78, 5) is 23.0. The zero-order chi connectivity index (χ0) is 12.7. The Balaban J connectivity index is 2.45. The van der Waals surface area contributed by atoms with E-state index >= 15 is 0 Å². The normalized spacial score (nSPS) is 9.41. The average molecular weight is 233 g/mol. The summed E-state index contributed by atoms with van der Waals surface area (Å²) in [5.41, 5.74) is 9.37. The average Bonchev–Trinajstić information content (AvgIpc) is 2.30. The van der Waals surface area contributed by atoms with Gasteiger partial charge >= 0.3 is 11.6 Å². The van der Waals surface area contributed by atoms with Crippen LogP contribution in [0, 0.1) is 10.1 Å². The van der Waals surface area contributed by atoms with Crippen LogP contribution in [-0.4, -0.2) is 21.3 Å². The van der Waals surface area contributed by atoms with Gasteiger partial charge in [-0.25, -0.2) is 0 Å². The summed E-state index contributed by atoms with van der Waals surface area (Å²) in [6.45, 7) is 0. The van der Waals surface area contributed by atoms with E-state index in [-0.39, 0.29) is 6.42 Å². The molecular formula is C11H11N3O3. The summed E-state index contributed by atoms with van der Waals surface area (Å²) in [6.07, 6.45) is 1.13. The highest BCUT2D eigenvalue weighted by molar-refractivity contribution is 6.32. The number of amidine groups is 1. The summed E-state index contributed by atoms with van der Waals surface area (Å²) >= 11 is 0. The monoisotopic (exact) mass is 233 g/mol. The topological polar surface area (TPSA) is 96.6 Å². The third kappa shape index (κ3) is 3.96. The first-order valence-corrected chi connectivity index (χ1v) is 5.08. The maximum absolute atomic E-state index is 11.3. The van der Waals surface area contributed by atoms with Gasteiger partial charge in [0, 0.05) is 6.42 Å². The Kier molecular flexibility index (Phi) is 4.72. The number of ketones is 1. The molecule has 6 nitrogen and oxygen atoms in total. The van der Waals surface area contributed by atoms with E-state index in [0.29, 0.717) is 12.8 Å². The second-order valence-corrected chi connectivity index (χ2v) is 3.44. The lowest BCUT2D eigenvalue weighted by molar-refractivity contribution is -0.381. The van der Waals surface area contributed by atoms with E-state index in [9.17, 15) is 14.9 Å². The zero-order valence-electron chi connectivity index (χ0n) is 9.07. The van der Waals surface area contributed by atoms with Crippen molar-refractivity contribution in [2.45, 2.75) is 19.3 Å². The number of nitro groups is 1. The van der Waals surface area contributed by atoms with Crippen LogP contribution in [0.3, 0.4) is 0 Å². The van der Waals surface area contributed by atoms with Crippen LogP contribution in [-0.2, 0) is 11.2 Å². The van der Waals surface area contributed by atoms with Crippen molar-refractivity contribution in [1.82, 2.24) is 0 Å². The second kappa shape index (κ2) is 6.30. The van der Waals surface area contributed by atoms with Gasteiger partial charge in [0.2, 0.25) is 0 Å². The zero-order valence-corrected chi connectivity index (χ0v) is 9.07. The van der Waals surface area contributed by atoms with Gasteiger partial charge in [-0.2, -0.15) is 0 Å². The van der Waals surface area contributed by atoms with Crippen molar-refractivity contribution in [2.24, 2.45) is 0 Å². The van der Waals surface area contributed by atoms with Crippen molar-refractivity contribution in [3.63, 3.8) is 0 Å². The van der Waals surface area contributed by atoms with Crippen molar-refractivity contribution in [3.8, 4) is 0 Å². The van der Waals surface area contributed by atoms with Crippen LogP contribution < -0.4 is 0 Å². The molecule has 0 aliphatic carbocycles. The van der Waals surface area contributed by atoms with E-state index in [1.165, 1.54) is 0 Å². The molecule has 0 unspecified atom stereocenters. The molecule has 0 fully saturated rings. The van der Waals surface area contributed by atoms with Gasteiger partial charge in [-0.1, -0.05) is 35.1 Å². The number of Topliss-reactive ketones (excluding diaryl/α,β-unsaturated/α-hetero) is 1. The number of rotatable bonds is 5. The second-order valence-electron chi connectivity index (χ2n) is 3.44. The summed E-state index contributed by atoms with van der Waals surface area (Å²) < 4.78 is 0. The molecular weight excluding hydrogens is 222 g/mol. The van der Waals surface area contributed by atoms with Gasteiger partial charge in [-0.15, -0.1) is 0 Å². The summed E-state index contributed by atoms with van der Waals surface area (Å²) in [5.74, 6) is -1.76. The molecule has 6 heteroatoms. The molecule has 1 aromatic rings. The molecule has 0 saturated heterocycles. The Morgan fingerprint density at radius 3 is 2.53 bits per heavy atom. The molecule has 0 aliphatic rings. The van der Waals surface area contributed by atoms with Crippen LogP contribution in [0.25, 0.3) is 5.53 Å². The number of aryl methyl sites for hydroxylation is 1. The van der Waals surface area contributed by atoms with Crippen LogP contribution >= 0.6 is 0 Å². The first kappa shape index (κ1) is 12.7. The highest BCUT2D eigenvalue weighted by atomic mass is 16.6. The Bertz CT molecular complexity index is 464. The van der Waals surface area contributed by atoms with Gasteiger partial charge in [-0.05, 0) is 18.4 Å². The van der Waals surface area contributed by atoms with E-state index in [4.69, 9.17) is 5.53 Å². The molecule has 88 valence electrons. The van der Waals surface area contributed by atoms with Crippen LogP contribution in [0.5, 0.6) is 0 Å². The molecule has 0 aromatic heterocycles. The fourth-order valence-corrected chi connectivity index (χ4v) is 1.40. The quantitative estimate of drug-likeness (QED) is 0.192. The van der Waals surface area contributed by atoms with Crippen LogP contribution in [0.2, 0.25) is 0 Å². The lowest BCUT2D eigenvalue weighted by Crippen LogP contribution is -2.24. The van der Waals surface area contributed by atoms with Crippen LogP contribution in [0.4, 0.5) is 0 Å². The molecule has 1 rings (SSSR count). The molecule has 0 N–H and O–H groups in total. The maximum Gasteiger partial charge on any atom is 0.647 e. The number of carbonyl (C=O) groups excluding carboxylic acids is 1. The third-order valence-electron chi connectivity index (χ3n) is 2.23. The van der Waals surface area contributed by atoms with E-state index in [1.807, 2.05) is 30.3 Å². The van der Waals surface area contributed by atoms with Crippen molar-refractivity contribution in [3.05, 3.63) is 51.5 Å². The number of hydrogen-bond acceptors (Lipinski definition) is 3. The minimum absolute atomic E-state index is 0.00469. The van der Waals surface area contributed by atoms with Crippen molar-refractivity contribution in [1.29, 1.82) is 0 Å². The molecule has 0 saturated carbocycles. The van der Waals surface area contributed by atoms with Gasteiger partial charge in [-0.3, -0.25) is 14.9 Å². The minimum atomic E-state index is -1.00. The summed E-state index contributed by atoms with van der Waals surface area (Å²) in [6, 6.07) is 9.49. The van der Waals surface area contributed by atoms with E-state index in [0.717, 1.165) is 5.56 Å². The van der Waals surface area contributed by atoms with E-state index in [2.05, 4.69) is 4.79 Å². The third-order valence-corrected chi connectivity index (χ3v) is 2.23. The van der Waals surface area contributed by atoms with Gasteiger partial charge in [0.25, 0.3) is 0 Å². The fourth-order valence-electron chi connectivity index (χ4n) is 1.40. The first-order chi connectivity index (χ1) is 8.15. The number of carbonyl (C=O) groups is 1. The highest BCUT2D eigenvalue weighted by Crippen LogP contribution is 2.05. The molecule has 0 spiro atoms. The summed E-state index contributed by atoms with van der Waals surface area (Å²) in [5, 5.41) is 10.3. The Hall–Kier alpha value is -2.33. The van der Waals surface area contributed by atoms with Crippen molar-refractivity contribution >= 4 is 11.6 Å². The number of hydrogen-bond donors (Lipinski definition) is 0. The standard InChI is InChI=1S/C11H11N3O3/c12-13-11(14(16)17)10(15)8-4-7-9-5-2-1-3-6-9/h1-3,5-6H,4,7-8H2. The molecule has 0 amide bonds. The number of nitrogens with zero attached hydrogens (tertiary/aromatic N) is 3. The van der Waals surface area contributed by atoms with Crippen molar-refractivity contribution in [2.75, 3.05) is 0 Å². The molecule has 0 aliphatic heterocycles. The Morgan fingerprint density at radius 2 is 2.00 bits per heavy atom. The predicted octanol–water partition coefficient (Wildman–Crippen LogP) is 1.48. The van der Waals surface area contributed by atoms with Crippen molar-refractivity contribution < 1.29 is 14.5 Å². The van der Waals surface area contributed by atoms with Gasteiger partial charge in [0.1, 0.15) is 4.92 Å². The predicted molar refractivity (Wildman–Crippen MR) is 60.0 cm³/mol. The molecule has 0 radical (unpaired) electrons. The van der Waals surface area contributed by atoms with Gasteiger partial charge in [0.15, 0.2) is 0 Å². The molecule has 1 aromatic carbocycles. The molecule has 0 bridgehead atoms. The van der Waals surface area contributed by atoms with Crippen LogP contribution in [0.1, 0.15) is 18.4 Å². The minimum Gasteiger partial charge on any atom is -0.354 e. The lowest BCUT2D eigenvalue weighted by atomic mass is 10.1. The Morgan fingerprint density at radius 1 is 1.35 bits per heavy atom. The molecule has 0 heterocycles. The number of benzene rings is 1. The van der Waals surface area contributed by atoms with E-state index in [1.54, 1.807) is 0 Å². The van der Waals surface area contributed by atoms with Gasteiger partial charge < -0.3 is 5.53 Å². The van der Waals surface area contributed by atoms with E-state index < -0.39 is 16.5 Å². The first-order valence-electron chi connectivity index (χ1n) is 5.08. The Labute approximate surface area is 97.7 Å². The highest BCUT2D eigenvalue weighted by Gasteiger charge is 2.32.